The molecule has 0 saturated carbocycles. The van der Waals surface area contributed by atoms with Gasteiger partial charge in [-0.05, 0) is 43.5 Å². The summed E-state index contributed by atoms with van der Waals surface area (Å²) in [5.41, 5.74) is 3.42. The average molecular weight is 261 g/mol. The molecular formula is C16H23NO2. The van der Waals surface area contributed by atoms with E-state index >= 15 is 0 Å². The van der Waals surface area contributed by atoms with Crippen LogP contribution in [0, 0.1) is 13.8 Å². The minimum Gasteiger partial charge on any atom is -0.326 e. The Labute approximate surface area is 115 Å². The largest absolute Gasteiger partial charge is 0.326 e. The lowest BCUT2D eigenvalue weighted by molar-refractivity contribution is -0.114. The molecule has 0 heterocycles. The quantitative estimate of drug-likeness (QED) is 0.621. The van der Waals surface area contributed by atoms with E-state index in [4.69, 9.17) is 0 Å². The van der Waals surface area contributed by atoms with Crippen molar-refractivity contribution in [1.82, 2.24) is 0 Å². The number of hydrogen-bond acceptors (Lipinski definition) is 2. The van der Waals surface area contributed by atoms with E-state index in [1.54, 1.807) is 0 Å². The van der Waals surface area contributed by atoms with Gasteiger partial charge in [-0.2, -0.15) is 0 Å². The van der Waals surface area contributed by atoms with Crippen LogP contribution in [0.25, 0.3) is 0 Å². The van der Waals surface area contributed by atoms with E-state index in [-0.39, 0.29) is 11.7 Å². The van der Waals surface area contributed by atoms with Crippen molar-refractivity contribution in [2.45, 2.75) is 53.4 Å². The maximum absolute atomic E-state index is 12.2. The predicted octanol–water partition coefficient (Wildman–Crippen LogP) is 4.02. The fourth-order valence-corrected chi connectivity index (χ4v) is 2.01. The number of hydrogen-bond donors (Lipinski definition) is 1. The summed E-state index contributed by atoms with van der Waals surface area (Å²) in [5, 5.41) is 2.75. The van der Waals surface area contributed by atoms with E-state index in [0.29, 0.717) is 17.7 Å². The first-order valence-electron chi connectivity index (χ1n) is 6.87. The molecule has 1 amide bonds. The Kier molecular flexibility index (Phi) is 5.74. The number of unbranched alkanes of at least 4 members (excludes halogenated alkanes) is 2. The van der Waals surface area contributed by atoms with Crippen LogP contribution in [0.4, 0.5) is 5.69 Å². The highest BCUT2D eigenvalue weighted by Gasteiger charge is 2.13. The Balaban J connectivity index is 2.99. The van der Waals surface area contributed by atoms with Crippen LogP contribution in [-0.4, -0.2) is 11.7 Å². The molecule has 104 valence electrons. The van der Waals surface area contributed by atoms with Crippen LogP contribution in [0.15, 0.2) is 12.1 Å². The molecule has 19 heavy (non-hydrogen) atoms. The summed E-state index contributed by atoms with van der Waals surface area (Å²) >= 11 is 0. The van der Waals surface area contributed by atoms with Gasteiger partial charge in [0.15, 0.2) is 5.78 Å². The maximum atomic E-state index is 12.2. The number of Topliss-reactive ketones (excluding diaryl/α,β-unsaturated/α-hetero) is 1. The number of anilines is 1. The number of rotatable bonds is 6. The second kappa shape index (κ2) is 7.07. The zero-order valence-electron chi connectivity index (χ0n) is 12.3. The smallest absolute Gasteiger partial charge is 0.221 e. The molecule has 0 radical (unpaired) electrons. The van der Waals surface area contributed by atoms with Gasteiger partial charge in [-0.1, -0.05) is 19.8 Å². The summed E-state index contributed by atoms with van der Waals surface area (Å²) < 4.78 is 0. The predicted molar refractivity (Wildman–Crippen MR) is 78.7 cm³/mol. The van der Waals surface area contributed by atoms with E-state index in [1.165, 1.54) is 6.92 Å². The lowest BCUT2D eigenvalue weighted by Gasteiger charge is -2.12. The maximum Gasteiger partial charge on any atom is 0.221 e. The highest BCUT2D eigenvalue weighted by atomic mass is 16.1. The zero-order chi connectivity index (χ0) is 14.4. The van der Waals surface area contributed by atoms with E-state index in [0.717, 1.165) is 30.4 Å². The average Bonchev–Trinajstić information content (AvgIpc) is 2.33. The van der Waals surface area contributed by atoms with Gasteiger partial charge in [-0.3, -0.25) is 9.59 Å². The Morgan fingerprint density at radius 1 is 1.11 bits per heavy atom. The van der Waals surface area contributed by atoms with Crippen molar-refractivity contribution in [3.8, 4) is 0 Å². The number of nitrogens with one attached hydrogen (secondary N) is 1. The van der Waals surface area contributed by atoms with Gasteiger partial charge in [-0.15, -0.1) is 0 Å². The summed E-state index contributed by atoms with van der Waals surface area (Å²) in [6, 6.07) is 3.76. The Bertz CT molecular complexity index is 478. The van der Waals surface area contributed by atoms with Crippen LogP contribution in [0.3, 0.4) is 0 Å². The summed E-state index contributed by atoms with van der Waals surface area (Å²) in [6.07, 6.45) is 3.61. The van der Waals surface area contributed by atoms with E-state index in [1.807, 2.05) is 26.0 Å². The molecule has 0 atom stereocenters. The van der Waals surface area contributed by atoms with Crippen LogP contribution < -0.4 is 5.32 Å². The number of carbonyl (C=O) groups excluding carboxylic acids is 2. The van der Waals surface area contributed by atoms with Gasteiger partial charge in [0.25, 0.3) is 0 Å². The van der Waals surface area contributed by atoms with Gasteiger partial charge < -0.3 is 5.32 Å². The Morgan fingerprint density at radius 2 is 1.74 bits per heavy atom. The fraction of sp³-hybridized carbons (Fsp3) is 0.500. The molecule has 0 bridgehead atoms. The van der Waals surface area contributed by atoms with Crippen molar-refractivity contribution in [1.29, 1.82) is 0 Å². The van der Waals surface area contributed by atoms with Gasteiger partial charge in [0.1, 0.15) is 0 Å². The van der Waals surface area contributed by atoms with Crippen molar-refractivity contribution in [3.63, 3.8) is 0 Å². The highest BCUT2D eigenvalue weighted by molar-refractivity contribution is 6.04. The molecular weight excluding hydrogens is 238 g/mol. The molecule has 0 unspecified atom stereocenters. The molecule has 0 aliphatic heterocycles. The van der Waals surface area contributed by atoms with Crippen LogP contribution in [0.2, 0.25) is 0 Å². The summed E-state index contributed by atoms with van der Waals surface area (Å²) in [4.78, 5) is 23.5. The SMILES string of the molecule is CCCCCC(=O)c1cc(C)c(C)cc1NC(C)=O. The number of benzene rings is 1. The molecule has 1 N–H and O–H groups in total. The van der Waals surface area contributed by atoms with Crippen LogP contribution in [-0.2, 0) is 4.79 Å². The zero-order valence-corrected chi connectivity index (χ0v) is 12.3. The molecule has 1 aromatic carbocycles. The standard InChI is InChI=1S/C16H23NO2/c1-5-6-7-8-16(19)14-9-11(2)12(3)10-15(14)17-13(4)18/h9-10H,5-8H2,1-4H3,(H,17,18). The summed E-state index contributed by atoms with van der Waals surface area (Å²) in [7, 11) is 0. The highest BCUT2D eigenvalue weighted by Crippen LogP contribution is 2.23. The van der Waals surface area contributed by atoms with Crippen molar-refractivity contribution < 1.29 is 9.59 Å². The molecule has 0 aliphatic carbocycles. The Morgan fingerprint density at radius 3 is 2.32 bits per heavy atom. The van der Waals surface area contributed by atoms with Gasteiger partial charge in [-0.25, -0.2) is 0 Å². The molecule has 1 aromatic rings. The molecule has 0 aromatic heterocycles. The van der Waals surface area contributed by atoms with E-state index < -0.39 is 0 Å². The second-order valence-corrected chi connectivity index (χ2v) is 5.04. The van der Waals surface area contributed by atoms with Crippen LogP contribution in [0.1, 0.15) is 61.0 Å². The first-order valence-corrected chi connectivity index (χ1v) is 6.87. The number of amides is 1. The third-order valence-electron chi connectivity index (χ3n) is 3.25. The molecule has 0 spiro atoms. The van der Waals surface area contributed by atoms with Crippen molar-refractivity contribution >= 4 is 17.4 Å². The lowest BCUT2D eigenvalue weighted by atomic mass is 9.98. The monoisotopic (exact) mass is 261 g/mol. The van der Waals surface area contributed by atoms with Gasteiger partial charge in [0, 0.05) is 18.9 Å². The van der Waals surface area contributed by atoms with Gasteiger partial charge in [0.2, 0.25) is 5.91 Å². The lowest BCUT2D eigenvalue weighted by Crippen LogP contribution is -2.12. The molecule has 3 nitrogen and oxygen atoms in total. The second-order valence-electron chi connectivity index (χ2n) is 5.04. The van der Waals surface area contributed by atoms with Crippen molar-refractivity contribution in [3.05, 3.63) is 28.8 Å². The van der Waals surface area contributed by atoms with Crippen molar-refractivity contribution in [2.24, 2.45) is 0 Å². The summed E-state index contributed by atoms with van der Waals surface area (Å²) in [6.45, 7) is 7.53. The van der Waals surface area contributed by atoms with Crippen LogP contribution >= 0.6 is 0 Å². The fourth-order valence-electron chi connectivity index (χ4n) is 2.01. The first kappa shape index (κ1) is 15.4. The minimum atomic E-state index is -0.147. The van der Waals surface area contributed by atoms with Gasteiger partial charge >= 0.3 is 0 Å². The number of aryl methyl sites for hydroxylation is 2. The van der Waals surface area contributed by atoms with Crippen molar-refractivity contribution in [2.75, 3.05) is 5.32 Å². The first-order chi connectivity index (χ1) is 8.95. The molecule has 0 fully saturated rings. The molecule has 3 heteroatoms. The minimum absolute atomic E-state index is 0.111. The number of carbonyl (C=O) groups is 2. The molecule has 1 rings (SSSR count). The van der Waals surface area contributed by atoms with E-state index in [9.17, 15) is 9.59 Å². The third-order valence-corrected chi connectivity index (χ3v) is 3.25. The topological polar surface area (TPSA) is 46.2 Å². The summed E-state index contributed by atoms with van der Waals surface area (Å²) in [5.74, 6) is -0.0360. The molecule has 0 aliphatic rings. The van der Waals surface area contributed by atoms with Crippen LogP contribution in [0.5, 0.6) is 0 Å². The normalized spacial score (nSPS) is 10.3. The Hall–Kier alpha value is -1.64. The van der Waals surface area contributed by atoms with Gasteiger partial charge in [0.05, 0.1) is 5.69 Å². The van der Waals surface area contributed by atoms with E-state index in [2.05, 4.69) is 12.2 Å². The third kappa shape index (κ3) is 4.51. The molecule has 0 saturated heterocycles. The number of ketones is 1.